The predicted octanol–water partition coefficient (Wildman–Crippen LogP) is 1.72. The normalized spacial score (nSPS) is 15.6. The first-order valence-corrected chi connectivity index (χ1v) is 10.9. The Hall–Kier alpha value is -2.78. The number of hydrogen-bond donors (Lipinski definition) is 2. The van der Waals surface area contributed by atoms with Crippen LogP contribution in [0.1, 0.15) is 11.1 Å². The van der Waals surface area contributed by atoms with E-state index in [1.807, 2.05) is 24.3 Å². The Morgan fingerprint density at radius 1 is 1.10 bits per heavy atom. The number of carbonyl (C=O) groups is 1. The maximum absolute atomic E-state index is 12.4. The summed E-state index contributed by atoms with van der Waals surface area (Å²) in [6.45, 7) is 1.11. The summed E-state index contributed by atoms with van der Waals surface area (Å²) in [4.78, 5) is 13.9. The standard InChI is InChI=1S/C20H25N3O5S/c1-21-29(25,26)14-16-9-7-15(8-10-16)11-22-20(24)23(2)12-17-13-27-18-5-3-4-6-19(18)28-17/h3-10,17,21H,11-14H2,1-2H3,(H,22,24). The Morgan fingerprint density at radius 3 is 2.45 bits per heavy atom. The number of rotatable bonds is 7. The number of sulfonamides is 1. The lowest BCUT2D eigenvalue weighted by molar-refractivity contribution is 0.0715. The average molecular weight is 420 g/mol. The molecule has 2 aromatic carbocycles. The van der Waals surface area contributed by atoms with Gasteiger partial charge in [0.05, 0.1) is 12.3 Å². The molecule has 1 aliphatic heterocycles. The maximum atomic E-state index is 12.4. The molecule has 29 heavy (non-hydrogen) atoms. The molecule has 2 aromatic rings. The first kappa shape index (κ1) is 20.9. The van der Waals surface area contributed by atoms with Crippen molar-refractivity contribution in [3.8, 4) is 11.5 Å². The number of hydrogen-bond acceptors (Lipinski definition) is 5. The highest BCUT2D eigenvalue weighted by Crippen LogP contribution is 2.30. The molecule has 8 nitrogen and oxygen atoms in total. The van der Waals surface area contributed by atoms with E-state index in [1.54, 1.807) is 36.2 Å². The van der Waals surface area contributed by atoms with Crippen molar-refractivity contribution in [2.45, 2.75) is 18.4 Å². The maximum Gasteiger partial charge on any atom is 0.317 e. The number of amides is 2. The fourth-order valence-corrected chi connectivity index (χ4v) is 3.67. The van der Waals surface area contributed by atoms with Gasteiger partial charge < -0.3 is 19.7 Å². The SMILES string of the molecule is CNS(=O)(=O)Cc1ccc(CNC(=O)N(C)CC2COc3ccccc3O2)cc1. The van der Waals surface area contributed by atoms with Gasteiger partial charge >= 0.3 is 6.03 Å². The molecule has 0 saturated heterocycles. The zero-order valence-corrected chi connectivity index (χ0v) is 17.2. The number of ether oxygens (including phenoxy) is 2. The molecule has 0 bridgehead atoms. The molecule has 1 atom stereocenters. The van der Waals surface area contributed by atoms with Gasteiger partial charge in [0, 0.05) is 13.6 Å². The highest BCUT2D eigenvalue weighted by atomic mass is 32.2. The third kappa shape index (κ3) is 5.85. The minimum atomic E-state index is -3.30. The molecule has 156 valence electrons. The molecule has 1 aliphatic rings. The van der Waals surface area contributed by atoms with E-state index < -0.39 is 10.0 Å². The summed E-state index contributed by atoms with van der Waals surface area (Å²) < 4.78 is 37.0. The third-order valence-electron chi connectivity index (χ3n) is 4.53. The Kier molecular flexibility index (Phi) is 6.60. The van der Waals surface area contributed by atoms with Crippen LogP contribution in [0.15, 0.2) is 48.5 Å². The minimum Gasteiger partial charge on any atom is -0.486 e. The monoisotopic (exact) mass is 419 g/mol. The lowest BCUT2D eigenvalue weighted by Crippen LogP contribution is -2.45. The van der Waals surface area contributed by atoms with Crippen LogP contribution in [0.25, 0.3) is 0 Å². The molecule has 0 aliphatic carbocycles. The highest BCUT2D eigenvalue weighted by molar-refractivity contribution is 7.88. The number of fused-ring (bicyclic) bond motifs is 1. The molecule has 3 rings (SSSR count). The number of para-hydroxylation sites is 2. The van der Waals surface area contributed by atoms with E-state index in [0.717, 1.165) is 5.56 Å². The molecule has 1 unspecified atom stereocenters. The molecule has 2 amide bonds. The lowest BCUT2D eigenvalue weighted by atomic mass is 10.1. The minimum absolute atomic E-state index is 0.0779. The predicted molar refractivity (Wildman–Crippen MR) is 109 cm³/mol. The number of nitrogens with one attached hydrogen (secondary N) is 2. The molecular formula is C20H25N3O5S. The molecule has 1 heterocycles. The first-order valence-electron chi connectivity index (χ1n) is 9.23. The second-order valence-electron chi connectivity index (χ2n) is 6.82. The van der Waals surface area contributed by atoms with Crippen LogP contribution in [0.4, 0.5) is 4.79 Å². The van der Waals surface area contributed by atoms with Crippen molar-refractivity contribution in [1.82, 2.24) is 14.9 Å². The third-order valence-corrected chi connectivity index (χ3v) is 5.86. The van der Waals surface area contributed by atoms with Gasteiger partial charge in [-0.15, -0.1) is 0 Å². The fourth-order valence-electron chi connectivity index (χ4n) is 2.90. The van der Waals surface area contributed by atoms with Gasteiger partial charge in [-0.05, 0) is 30.3 Å². The lowest BCUT2D eigenvalue weighted by Gasteiger charge is -2.29. The van der Waals surface area contributed by atoms with Gasteiger partial charge in [0.2, 0.25) is 10.0 Å². The number of nitrogens with zero attached hydrogens (tertiary/aromatic N) is 1. The zero-order chi connectivity index (χ0) is 20.9. The molecule has 0 radical (unpaired) electrons. The van der Waals surface area contributed by atoms with Crippen molar-refractivity contribution in [3.63, 3.8) is 0 Å². The van der Waals surface area contributed by atoms with Gasteiger partial charge in [0.25, 0.3) is 0 Å². The molecule has 0 fully saturated rings. The van der Waals surface area contributed by atoms with Crippen LogP contribution in [0.5, 0.6) is 11.5 Å². The second kappa shape index (κ2) is 9.15. The second-order valence-corrected chi connectivity index (χ2v) is 8.74. The van der Waals surface area contributed by atoms with Crippen LogP contribution < -0.4 is 19.5 Å². The fraction of sp³-hybridized carbons (Fsp3) is 0.350. The summed E-state index contributed by atoms with van der Waals surface area (Å²) >= 11 is 0. The molecule has 0 spiro atoms. The molecule has 2 N–H and O–H groups in total. The van der Waals surface area contributed by atoms with Crippen molar-refractivity contribution < 1.29 is 22.7 Å². The molecule has 9 heteroatoms. The van der Waals surface area contributed by atoms with E-state index >= 15 is 0 Å². The summed E-state index contributed by atoms with van der Waals surface area (Å²) in [5.74, 6) is 1.31. The van der Waals surface area contributed by atoms with E-state index in [1.165, 1.54) is 7.05 Å². The van der Waals surface area contributed by atoms with Crippen molar-refractivity contribution in [3.05, 3.63) is 59.7 Å². The summed E-state index contributed by atoms with van der Waals surface area (Å²) in [7, 11) is -0.216. The number of urea groups is 1. The summed E-state index contributed by atoms with van der Waals surface area (Å²) in [6, 6.07) is 14.3. The number of likely N-dealkylation sites (N-methyl/N-ethyl adjacent to an activating group) is 1. The number of benzene rings is 2. The molecule has 0 aromatic heterocycles. The van der Waals surface area contributed by atoms with E-state index in [9.17, 15) is 13.2 Å². The Labute approximate surface area is 170 Å². The molecule has 0 saturated carbocycles. The van der Waals surface area contributed by atoms with E-state index in [0.29, 0.717) is 36.8 Å². The quantitative estimate of drug-likeness (QED) is 0.712. The first-order chi connectivity index (χ1) is 13.9. The van der Waals surface area contributed by atoms with E-state index in [-0.39, 0.29) is 17.9 Å². The van der Waals surface area contributed by atoms with Gasteiger partial charge in [-0.25, -0.2) is 17.9 Å². The Morgan fingerprint density at radius 2 is 1.76 bits per heavy atom. The van der Waals surface area contributed by atoms with Crippen LogP contribution in [-0.4, -0.2) is 52.7 Å². The summed E-state index contributed by atoms with van der Waals surface area (Å²) in [5, 5.41) is 2.85. The topological polar surface area (TPSA) is 97.0 Å². The molecular weight excluding hydrogens is 394 g/mol. The van der Waals surface area contributed by atoms with Crippen LogP contribution in [-0.2, 0) is 22.3 Å². The van der Waals surface area contributed by atoms with E-state index in [2.05, 4.69) is 10.0 Å². The van der Waals surface area contributed by atoms with Gasteiger partial charge in [-0.3, -0.25) is 0 Å². The number of carbonyl (C=O) groups excluding carboxylic acids is 1. The summed E-state index contributed by atoms with van der Waals surface area (Å²) in [6.07, 6.45) is -0.242. The van der Waals surface area contributed by atoms with Crippen molar-refractivity contribution in [2.24, 2.45) is 0 Å². The van der Waals surface area contributed by atoms with Crippen molar-refractivity contribution >= 4 is 16.1 Å². The van der Waals surface area contributed by atoms with E-state index in [4.69, 9.17) is 9.47 Å². The highest BCUT2D eigenvalue weighted by Gasteiger charge is 2.23. The van der Waals surface area contributed by atoms with Gasteiger partial charge in [-0.1, -0.05) is 36.4 Å². The van der Waals surface area contributed by atoms with Crippen LogP contribution in [0, 0.1) is 0 Å². The van der Waals surface area contributed by atoms with Crippen LogP contribution in [0.3, 0.4) is 0 Å². The van der Waals surface area contributed by atoms with Gasteiger partial charge in [-0.2, -0.15) is 0 Å². The van der Waals surface area contributed by atoms with Crippen LogP contribution in [0.2, 0.25) is 0 Å². The average Bonchev–Trinajstić information content (AvgIpc) is 2.72. The van der Waals surface area contributed by atoms with Crippen molar-refractivity contribution in [1.29, 1.82) is 0 Å². The van der Waals surface area contributed by atoms with Crippen molar-refractivity contribution in [2.75, 3.05) is 27.2 Å². The largest absolute Gasteiger partial charge is 0.486 e. The Bertz CT molecular complexity index is 947. The van der Waals surface area contributed by atoms with Crippen LogP contribution >= 0.6 is 0 Å². The van der Waals surface area contributed by atoms with Gasteiger partial charge in [0.1, 0.15) is 6.61 Å². The summed E-state index contributed by atoms with van der Waals surface area (Å²) in [5.41, 5.74) is 1.56. The smallest absolute Gasteiger partial charge is 0.317 e. The zero-order valence-electron chi connectivity index (χ0n) is 16.4. The Balaban J connectivity index is 1.47. The van der Waals surface area contributed by atoms with Gasteiger partial charge in [0.15, 0.2) is 17.6 Å².